The van der Waals surface area contributed by atoms with E-state index < -0.39 is 0 Å². The average Bonchev–Trinajstić information content (AvgIpc) is 2.99. The van der Waals surface area contributed by atoms with Gasteiger partial charge in [0.1, 0.15) is 5.70 Å². The molecule has 5 heteroatoms. The number of carbonyl (C=O) groups excluding carboxylic acids is 2. The molecule has 0 aliphatic carbocycles. The van der Waals surface area contributed by atoms with E-state index in [-0.39, 0.29) is 17.5 Å². The number of nitrogens with one attached hydrogen (secondary N) is 1. The van der Waals surface area contributed by atoms with E-state index in [0.717, 1.165) is 27.9 Å². The van der Waals surface area contributed by atoms with Crippen molar-refractivity contribution in [2.45, 2.75) is 40.5 Å². The molecule has 1 aliphatic heterocycles. The van der Waals surface area contributed by atoms with Crippen molar-refractivity contribution < 1.29 is 9.59 Å². The number of rotatable bonds is 5. The number of anilines is 2. The summed E-state index contributed by atoms with van der Waals surface area (Å²) in [5.74, 6) is -0.325. The zero-order valence-electron chi connectivity index (χ0n) is 19.5. The van der Waals surface area contributed by atoms with Gasteiger partial charge < -0.3 is 5.32 Å². The lowest BCUT2D eigenvalue weighted by atomic mass is 9.97. The lowest BCUT2D eigenvalue weighted by molar-refractivity contribution is -0.120. The molecule has 0 radical (unpaired) electrons. The molecule has 1 aliphatic rings. The number of halogens is 1. The van der Waals surface area contributed by atoms with E-state index in [9.17, 15) is 9.59 Å². The number of amides is 2. The van der Waals surface area contributed by atoms with Gasteiger partial charge in [-0.25, -0.2) is 4.90 Å². The molecule has 168 valence electrons. The van der Waals surface area contributed by atoms with E-state index >= 15 is 0 Å². The molecule has 0 fully saturated rings. The van der Waals surface area contributed by atoms with Gasteiger partial charge in [0.05, 0.1) is 11.3 Å². The zero-order valence-corrected chi connectivity index (χ0v) is 20.2. The fraction of sp³-hybridized carbons (Fsp3) is 0.214. The second kappa shape index (κ2) is 8.87. The number of nitrogens with zero attached hydrogens (tertiary/aromatic N) is 1. The van der Waals surface area contributed by atoms with Crippen LogP contribution in [0.25, 0.3) is 5.57 Å². The van der Waals surface area contributed by atoms with E-state index in [0.29, 0.717) is 22.2 Å². The summed E-state index contributed by atoms with van der Waals surface area (Å²) in [6.07, 6.45) is 0. The predicted molar refractivity (Wildman–Crippen MR) is 136 cm³/mol. The van der Waals surface area contributed by atoms with Gasteiger partial charge in [0.15, 0.2) is 0 Å². The topological polar surface area (TPSA) is 49.4 Å². The van der Waals surface area contributed by atoms with Crippen molar-refractivity contribution in [3.05, 3.63) is 99.2 Å². The van der Waals surface area contributed by atoms with E-state index in [2.05, 4.69) is 19.2 Å². The number of imide groups is 1. The average molecular weight is 459 g/mol. The monoisotopic (exact) mass is 458 g/mol. The molecule has 0 spiro atoms. The van der Waals surface area contributed by atoms with Gasteiger partial charge in [-0.05, 0) is 79.3 Å². The van der Waals surface area contributed by atoms with Gasteiger partial charge in [0.2, 0.25) is 0 Å². The third-order valence-electron chi connectivity index (χ3n) is 5.98. The van der Waals surface area contributed by atoms with Crippen molar-refractivity contribution in [2.75, 3.05) is 10.2 Å². The molecule has 1 heterocycles. The summed E-state index contributed by atoms with van der Waals surface area (Å²) < 4.78 is 0. The van der Waals surface area contributed by atoms with Crippen LogP contribution < -0.4 is 10.2 Å². The molecule has 4 nitrogen and oxygen atoms in total. The predicted octanol–water partition coefficient (Wildman–Crippen LogP) is 6.79. The van der Waals surface area contributed by atoms with Crippen molar-refractivity contribution >= 4 is 40.4 Å². The Hall–Kier alpha value is -3.37. The van der Waals surface area contributed by atoms with Crippen LogP contribution in [0.15, 0.2) is 66.4 Å². The minimum Gasteiger partial charge on any atom is -0.350 e. The Balaban J connectivity index is 1.83. The lowest BCUT2D eigenvalue weighted by Gasteiger charge is -2.18. The minimum atomic E-state index is -0.381. The highest BCUT2D eigenvalue weighted by atomic mass is 35.5. The first kappa shape index (κ1) is 22.8. The van der Waals surface area contributed by atoms with Crippen molar-refractivity contribution in [3.8, 4) is 0 Å². The fourth-order valence-corrected chi connectivity index (χ4v) is 4.40. The summed E-state index contributed by atoms with van der Waals surface area (Å²) in [6.45, 7) is 10.1. The SMILES string of the molecule is Cc1ccc(C2=C(Nc3ccc(C(C)C)cc3)C(=O)N(c3ccc(Cl)cc3C)C2=O)c(C)c1. The van der Waals surface area contributed by atoms with Gasteiger partial charge in [-0.2, -0.15) is 0 Å². The van der Waals surface area contributed by atoms with Crippen LogP contribution in [0.5, 0.6) is 0 Å². The van der Waals surface area contributed by atoms with Crippen LogP contribution in [-0.2, 0) is 9.59 Å². The van der Waals surface area contributed by atoms with Gasteiger partial charge in [-0.15, -0.1) is 0 Å². The van der Waals surface area contributed by atoms with Crippen LogP contribution in [0.4, 0.5) is 11.4 Å². The van der Waals surface area contributed by atoms with Crippen LogP contribution in [0.2, 0.25) is 5.02 Å². The van der Waals surface area contributed by atoms with Crippen molar-refractivity contribution in [2.24, 2.45) is 0 Å². The molecule has 0 saturated heterocycles. The smallest absolute Gasteiger partial charge is 0.282 e. The Morgan fingerprint density at radius 3 is 2.12 bits per heavy atom. The molecule has 0 unspecified atom stereocenters. The Bertz CT molecular complexity index is 1290. The van der Waals surface area contributed by atoms with E-state index in [1.54, 1.807) is 18.2 Å². The molecule has 4 rings (SSSR count). The van der Waals surface area contributed by atoms with Crippen LogP contribution in [0.1, 0.15) is 47.6 Å². The molecule has 1 N–H and O–H groups in total. The highest BCUT2D eigenvalue weighted by Crippen LogP contribution is 2.37. The van der Waals surface area contributed by atoms with Crippen LogP contribution in [0, 0.1) is 20.8 Å². The second-order valence-electron chi connectivity index (χ2n) is 8.85. The molecule has 3 aromatic rings. The van der Waals surface area contributed by atoms with E-state index in [4.69, 9.17) is 11.6 Å². The van der Waals surface area contributed by atoms with Crippen LogP contribution in [0.3, 0.4) is 0 Å². The molecule has 33 heavy (non-hydrogen) atoms. The first-order chi connectivity index (χ1) is 15.7. The molecular weight excluding hydrogens is 432 g/mol. The molecule has 2 amide bonds. The quantitative estimate of drug-likeness (QED) is 0.428. The van der Waals surface area contributed by atoms with Gasteiger partial charge in [-0.3, -0.25) is 9.59 Å². The van der Waals surface area contributed by atoms with Gasteiger partial charge >= 0.3 is 0 Å². The summed E-state index contributed by atoms with van der Waals surface area (Å²) in [4.78, 5) is 28.6. The normalized spacial score (nSPS) is 14.0. The molecule has 0 aromatic heterocycles. The van der Waals surface area contributed by atoms with Gasteiger partial charge in [0, 0.05) is 10.7 Å². The zero-order chi connectivity index (χ0) is 23.9. The lowest BCUT2D eigenvalue weighted by Crippen LogP contribution is -2.33. The molecule has 0 atom stereocenters. The third kappa shape index (κ3) is 4.31. The van der Waals surface area contributed by atoms with Crippen molar-refractivity contribution in [1.82, 2.24) is 0 Å². The number of hydrogen-bond acceptors (Lipinski definition) is 3. The summed E-state index contributed by atoms with van der Waals surface area (Å²) in [5, 5.41) is 3.81. The number of aryl methyl sites for hydroxylation is 3. The maximum atomic E-state index is 13.7. The highest BCUT2D eigenvalue weighted by molar-refractivity contribution is 6.46. The molecule has 0 saturated carbocycles. The number of carbonyl (C=O) groups is 2. The maximum Gasteiger partial charge on any atom is 0.282 e. The Morgan fingerprint density at radius 2 is 1.52 bits per heavy atom. The molecule has 3 aromatic carbocycles. The molecular formula is C28H27ClN2O2. The van der Waals surface area contributed by atoms with Crippen LogP contribution >= 0.6 is 11.6 Å². The summed E-state index contributed by atoms with van der Waals surface area (Å²) >= 11 is 6.12. The highest BCUT2D eigenvalue weighted by Gasteiger charge is 2.41. The Kier molecular flexibility index (Phi) is 6.13. The van der Waals surface area contributed by atoms with Gasteiger partial charge in [-0.1, -0.05) is 61.3 Å². The Morgan fingerprint density at radius 1 is 0.818 bits per heavy atom. The minimum absolute atomic E-state index is 0.276. The van der Waals surface area contributed by atoms with Crippen molar-refractivity contribution in [3.63, 3.8) is 0 Å². The second-order valence-corrected chi connectivity index (χ2v) is 9.28. The van der Waals surface area contributed by atoms with Crippen molar-refractivity contribution in [1.29, 1.82) is 0 Å². The Labute approximate surface area is 199 Å². The number of benzene rings is 3. The largest absolute Gasteiger partial charge is 0.350 e. The number of hydrogen-bond donors (Lipinski definition) is 1. The first-order valence-electron chi connectivity index (χ1n) is 11.0. The summed E-state index contributed by atoms with van der Waals surface area (Å²) in [6, 6.07) is 19.0. The first-order valence-corrected chi connectivity index (χ1v) is 11.4. The van der Waals surface area contributed by atoms with Crippen LogP contribution in [-0.4, -0.2) is 11.8 Å². The maximum absolute atomic E-state index is 13.7. The summed E-state index contributed by atoms with van der Waals surface area (Å²) in [5.41, 5.74) is 6.68. The standard InChI is InChI=1S/C28H27ClN2O2/c1-16(2)20-7-10-22(11-8-20)30-26-25(23-12-6-17(3)14-18(23)4)27(32)31(28(26)33)24-13-9-21(29)15-19(24)5/h6-16,30H,1-5H3. The molecule has 0 bridgehead atoms. The van der Waals surface area contributed by atoms with E-state index in [1.165, 1.54) is 10.5 Å². The fourth-order valence-electron chi connectivity index (χ4n) is 4.17. The van der Waals surface area contributed by atoms with E-state index in [1.807, 2.05) is 63.2 Å². The third-order valence-corrected chi connectivity index (χ3v) is 6.22. The van der Waals surface area contributed by atoms with Gasteiger partial charge in [0.25, 0.3) is 11.8 Å². The summed E-state index contributed by atoms with van der Waals surface area (Å²) in [7, 11) is 0.